The van der Waals surface area contributed by atoms with Gasteiger partial charge < -0.3 is 19.3 Å². The average molecular weight is 256 g/mol. The van der Waals surface area contributed by atoms with Crippen LogP contribution < -0.4 is 9.47 Å². The molecule has 0 saturated heterocycles. The number of methoxy groups -OCH3 is 2. The molecule has 0 fully saturated rings. The van der Waals surface area contributed by atoms with Crippen molar-refractivity contribution in [2.75, 3.05) is 27.4 Å². The SMILES string of the molecule is CC.COC(=O)c1ccc(OC)c(OCCO)c1. The summed E-state index contributed by atoms with van der Waals surface area (Å²) in [6.07, 6.45) is 0. The third kappa shape index (κ3) is 4.63. The molecule has 0 radical (unpaired) electrons. The standard InChI is InChI=1S/C11H14O5.C2H6/c1-14-9-4-3-8(11(13)15-2)7-10(9)16-6-5-12;1-2/h3-4,7,12H,5-6H2,1-2H3;1-2H3. The van der Waals surface area contributed by atoms with E-state index in [0.717, 1.165) is 0 Å². The summed E-state index contributed by atoms with van der Waals surface area (Å²) in [5.41, 5.74) is 0.372. The summed E-state index contributed by atoms with van der Waals surface area (Å²) in [4.78, 5) is 11.3. The fourth-order valence-corrected chi connectivity index (χ4v) is 1.19. The van der Waals surface area contributed by atoms with E-state index in [4.69, 9.17) is 14.6 Å². The van der Waals surface area contributed by atoms with Gasteiger partial charge in [-0.3, -0.25) is 0 Å². The topological polar surface area (TPSA) is 65.0 Å². The summed E-state index contributed by atoms with van der Waals surface area (Å²) in [6.45, 7) is 4.03. The first kappa shape index (κ1) is 16.2. The fraction of sp³-hybridized carbons (Fsp3) is 0.462. The van der Waals surface area contributed by atoms with E-state index in [2.05, 4.69) is 4.74 Å². The van der Waals surface area contributed by atoms with Crippen LogP contribution in [0.2, 0.25) is 0 Å². The molecule has 0 heterocycles. The zero-order chi connectivity index (χ0) is 14.0. The Morgan fingerprint density at radius 3 is 2.39 bits per heavy atom. The number of hydrogen-bond acceptors (Lipinski definition) is 5. The molecule has 102 valence electrons. The van der Waals surface area contributed by atoms with Crippen molar-refractivity contribution in [3.63, 3.8) is 0 Å². The van der Waals surface area contributed by atoms with Gasteiger partial charge in [0, 0.05) is 0 Å². The molecule has 18 heavy (non-hydrogen) atoms. The van der Waals surface area contributed by atoms with Crippen molar-refractivity contribution in [1.82, 2.24) is 0 Å². The van der Waals surface area contributed by atoms with Gasteiger partial charge in [-0.15, -0.1) is 0 Å². The molecule has 1 aromatic rings. The second-order valence-corrected chi connectivity index (χ2v) is 2.93. The molecule has 0 aromatic heterocycles. The Balaban J connectivity index is 0.00000137. The fourth-order valence-electron chi connectivity index (χ4n) is 1.19. The molecule has 0 aliphatic heterocycles. The number of ether oxygens (including phenoxy) is 3. The van der Waals surface area contributed by atoms with Crippen LogP contribution in [-0.4, -0.2) is 38.5 Å². The zero-order valence-corrected chi connectivity index (χ0v) is 11.2. The minimum absolute atomic E-state index is 0.106. The Hall–Kier alpha value is -1.75. The Bertz CT molecular complexity index is 362. The number of benzene rings is 1. The molecule has 0 saturated carbocycles. The summed E-state index contributed by atoms with van der Waals surface area (Å²) < 4.78 is 14.9. The first-order valence-corrected chi connectivity index (χ1v) is 5.73. The smallest absolute Gasteiger partial charge is 0.337 e. The van der Waals surface area contributed by atoms with Crippen molar-refractivity contribution in [3.8, 4) is 11.5 Å². The summed E-state index contributed by atoms with van der Waals surface area (Å²) in [7, 11) is 2.81. The molecule has 1 N–H and O–H groups in total. The van der Waals surface area contributed by atoms with Gasteiger partial charge in [-0.25, -0.2) is 4.79 Å². The highest BCUT2D eigenvalue weighted by Gasteiger charge is 2.11. The van der Waals surface area contributed by atoms with Gasteiger partial charge in [0.1, 0.15) is 6.61 Å². The molecule has 0 spiro atoms. The van der Waals surface area contributed by atoms with E-state index in [1.807, 2.05) is 13.8 Å². The quantitative estimate of drug-likeness (QED) is 0.815. The lowest BCUT2D eigenvalue weighted by atomic mass is 10.2. The highest BCUT2D eigenvalue weighted by atomic mass is 16.5. The van der Waals surface area contributed by atoms with E-state index in [9.17, 15) is 4.79 Å². The third-order valence-electron chi connectivity index (χ3n) is 1.93. The predicted octanol–water partition coefficient (Wildman–Crippen LogP) is 1.88. The van der Waals surface area contributed by atoms with Crippen LogP contribution in [0.15, 0.2) is 18.2 Å². The van der Waals surface area contributed by atoms with Crippen LogP contribution in [0.3, 0.4) is 0 Å². The van der Waals surface area contributed by atoms with Gasteiger partial charge in [0.15, 0.2) is 11.5 Å². The van der Waals surface area contributed by atoms with Crippen LogP contribution >= 0.6 is 0 Å². The highest BCUT2D eigenvalue weighted by molar-refractivity contribution is 5.90. The second-order valence-electron chi connectivity index (χ2n) is 2.93. The van der Waals surface area contributed by atoms with Crippen molar-refractivity contribution < 1.29 is 24.1 Å². The number of aliphatic hydroxyl groups is 1. The molecule has 0 amide bonds. The molecule has 0 aliphatic rings. The lowest BCUT2D eigenvalue weighted by Crippen LogP contribution is -2.06. The van der Waals surface area contributed by atoms with E-state index in [-0.39, 0.29) is 13.2 Å². The average Bonchev–Trinajstić information content (AvgIpc) is 2.45. The monoisotopic (exact) mass is 256 g/mol. The van der Waals surface area contributed by atoms with Crippen LogP contribution in [-0.2, 0) is 4.74 Å². The lowest BCUT2D eigenvalue weighted by molar-refractivity contribution is 0.0600. The molecular formula is C13H20O5. The summed E-state index contributed by atoms with van der Waals surface area (Å²) >= 11 is 0. The molecule has 5 heteroatoms. The number of aliphatic hydroxyl groups excluding tert-OH is 1. The van der Waals surface area contributed by atoms with Gasteiger partial charge >= 0.3 is 5.97 Å². The minimum atomic E-state index is -0.448. The van der Waals surface area contributed by atoms with E-state index in [0.29, 0.717) is 17.1 Å². The summed E-state index contributed by atoms with van der Waals surface area (Å²) in [5.74, 6) is 0.456. The van der Waals surface area contributed by atoms with E-state index >= 15 is 0 Å². The van der Waals surface area contributed by atoms with Gasteiger partial charge in [-0.2, -0.15) is 0 Å². The largest absolute Gasteiger partial charge is 0.493 e. The van der Waals surface area contributed by atoms with Crippen molar-refractivity contribution in [1.29, 1.82) is 0 Å². The van der Waals surface area contributed by atoms with Crippen LogP contribution in [0.25, 0.3) is 0 Å². The molecule has 1 aromatic carbocycles. The number of esters is 1. The number of carbonyl (C=O) groups excluding carboxylic acids is 1. The molecule has 0 atom stereocenters. The third-order valence-corrected chi connectivity index (χ3v) is 1.93. The first-order chi connectivity index (χ1) is 8.72. The Labute approximate surface area is 107 Å². The maximum absolute atomic E-state index is 11.3. The predicted molar refractivity (Wildman–Crippen MR) is 68.3 cm³/mol. The molecule has 5 nitrogen and oxygen atoms in total. The van der Waals surface area contributed by atoms with Crippen LogP contribution in [0.4, 0.5) is 0 Å². The van der Waals surface area contributed by atoms with E-state index < -0.39 is 5.97 Å². The van der Waals surface area contributed by atoms with E-state index in [1.165, 1.54) is 20.3 Å². The molecule has 1 rings (SSSR count). The molecular weight excluding hydrogens is 236 g/mol. The Morgan fingerprint density at radius 2 is 1.89 bits per heavy atom. The molecule has 0 bridgehead atoms. The summed E-state index contributed by atoms with van der Waals surface area (Å²) in [5, 5.41) is 8.66. The van der Waals surface area contributed by atoms with Crippen molar-refractivity contribution >= 4 is 5.97 Å². The maximum atomic E-state index is 11.3. The number of rotatable bonds is 5. The normalized spacial score (nSPS) is 8.94. The van der Waals surface area contributed by atoms with Crippen molar-refractivity contribution in [2.45, 2.75) is 13.8 Å². The molecule has 0 aliphatic carbocycles. The van der Waals surface area contributed by atoms with Gasteiger partial charge in [0.25, 0.3) is 0 Å². The van der Waals surface area contributed by atoms with Crippen LogP contribution in [0, 0.1) is 0 Å². The van der Waals surface area contributed by atoms with Gasteiger partial charge in [0.05, 0.1) is 26.4 Å². The Kier molecular flexibility index (Phi) is 8.39. The molecule has 0 unspecified atom stereocenters. The minimum Gasteiger partial charge on any atom is -0.493 e. The number of carbonyl (C=O) groups is 1. The maximum Gasteiger partial charge on any atom is 0.337 e. The summed E-state index contributed by atoms with van der Waals surface area (Å²) in [6, 6.07) is 4.70. The Morgan fingerprint density at radius 1 is 1.22 bits per heavy atom. The van der Waals surface area contributed by atoms with Crippen LogP contribution in [0.5, 0.6) is 11.5 Å². The van der Waals surface area contributed by atoms with Crippen molar-refractivity contribution in [2.24, 2.45) is 0 Å². The van der Waals surface area contributed by atoms with Gasteiger partial charge in [-0.05, 0) is 18.2 Å². The highest BCUT2D eigenvalue weighted by Crippen LogP contribution is 2.28. The van der Waals surface area contributed by atoms with Gasteiger partial charge in [-0.1, -0.05) is 13.8 Å². The second kappa shape index (κ2) is 9.30. The van der Waals surface area contributed by atoms with Crippen molar-refractivity contribution in [3.05, 3.63) is 23.8 Å². The van der Waals surface area contributed by atoms with E-state index in [1.54, 1.807) is 12.1 Å². The first-order valence-electron chi connectivity index (χ1n) is 5.73. The number of hydrogen-bond donors (Lipinski definition) is 1. The van der Waals surface area contributed by atoms with Crippen LogP contribution in [0.1, 0.15) is 24.2 Å². The lowest BCUT2D eigenvalue weighted by Gasteiger charge is -2.10. The van der Waals surface area contributed by atoms with Gasteiger partial charge in [0.2, 0.25) is 0 Å². The zero-order valence-electron chi connectivity index (χ0n) is 11.2.